The Labute approximate surface area is 77.9 Å². The molecule has 5 nitrogen and oxygen atoms in total. The van der Waals surface area contributed by atoms with Crippen molar-refractivity contribution in [2.45, 2.75) is 6.29 Å². The molecule has 0 saturated carbocycles. The van der Waals surface area contributed by atoms with Crippen LogP contribution in [0, 0.1) is 0 Å². The van der Waals surface area contributed by atoms with Crippen molar-refractivity contribution in [1.29, 1.82) is 0 Å². The minimum absolute atomic E-state index is 0.344. The normalized spacial score (nSPS) is 21.7. The van der Waals surface area contributed by atoms with Gasteiger partial charge < -0.3 is 19.7 Å². The van der Waals surface area contributed by atoms with Crippen LogP contribution in [0.2, 0.25) is 0 Å². The lowest BCUT2D eigenvalue weighted by molar-refractivity contribution is -0.129. The Morgan fingerprint density at radius 1 is 1.38 bits per heavy atom. The Bertz CT molecular complexity index is 127. The summed E-state index contributed by atoms with van der Waals surface area (Å²) in [4.78, 5) is 2.20. The lowest BCUT2D eigenvalue weighted by atomic mass is 10.4. The Hall–Kier alpha value is -0.200. The maximum absolute atomic E-state index is 8.87. The zero-order valence-electron chi connectivity index (χ0n) is 7.69. The Morgan fingerprint density at radius 2 is 2.08 bits per heavy atom. The van der Waals surface area contributed by atoms with Gasteiger partial charge in [-0.15, -0.1) is 0 Å². The van der Waals surface area contributed by atoms with Crippen LogP contribution in [0.1, 0.15) is 0 Å². The number of hydrogen-bond acceptors (Lipinski definition) is 5. The van der Waals surface area contributed by atoms with Crippen molar-refractivity contribution in [2.24, 2.45) is 0 Å². The molecule has 0 amide bonds. The number of ether oxygens (including phenoxy) is 2. The van der Waals surface area contributed by atoms with E-state index in [0.29, 0.717) is 6.61 Å². The SMILES string of the molecule is OCC(O)OCCN1CCOCC1. The van der Waals surface area contributed by atoms with Crippen molar-refractivity contribution < 1.29 is 19.7 Å². The zero-order valence-corrected chi connectivity index (χ0v) is 7.69. The third-order valence-corrected chi connectivity index (χ3v) is 1.98. The smallest absolute Gasteiger partial charge is 0.177 e. The average molecular weight is 191 g/mol. The molecule has 1 saturated heterocycles. The summed E-state index contributed by atoms with van der Waals surface area (Å²) in [5.74, 6) is 0. The van der Waals surface area contributed by atoms with Gasteiger partial charge in [0, 0.05) is 19.6 Å². The Balaban J connectivity index is 1.98. The molecule has 0 aromatic carbocycles. The molecule has 1 aliphatic heterocycles. The molecule has 2 N–H and O–H groups in total. The maximum atomic E-state index is 8.87. The van der Waals surface area contributed by atoms with Gasteiger partial charge in [0.25, 0.3) is 0 Å². The quantitative estimate of drug-likeness (QED) is 0.526. The van der Waals surface area contributed by atoms with Crippen LogP contribution in [-0.4, -0.2) is 67.5 Å². The van der Waals surface area contributed by atoms with E-state index in [1.54, 1.807) is 0 Å². The van der Waals surface area contributed by atoms with Crippen molar-refractivity contribution in [3.8, 4) is 0 Å². The lowest BCUT2D eigenvalue weighted by Crippen LogP contribution is -2.38. The summed E-state index contributed by atoms with van der Waals surface area (Å²) >= 11 is 0. The molecular weight excluding hydrogens is 174 g/mol. The second kappa shape index (κ2) is 6.28. The molecular formula is C8H17NO4. The van der Waals surface area contributed by atoms with Gasteiger partial charge in [0.2, 0.25) is 0 Å². The molecule has 0 radical (unpaired) electrons. The molecule has 1 unspecified atom stereocenters. The van der Waals surface area contributed by atoms with Crippen LogP contribution < -0.4 is 0 Å². The number of hydrogen-bond donors (Lipinski definition) is 2. The number of aliphatic hydroxyl groups excluding tert-OH is 2. The highest BCUT2D eigenvalue weighted by atomic mass is 16.6. The third-order valence-electron chi connectivity index (χ3n) is 1.98. The first-order valence-electron chi connectivity index (χ1n) is 4.53. The van der Waals surface area contributed by atoms with E-state index >= 15 is 0 Å². The van der Waals surface area contributed by atoms with Crippen molar-refractivity contribution in [3.05, 3.63) is 0 Å². The van der Waals surface area contributed by atoms with Crippen molar-refractivity contribution in [2.75, 3.05) is 46.1 Å². The van der Waals surface area contributed by atoms with Crippen molar-refractivity contribution in [3.63, 3.8) is 0 Å². The van der Waals surface area contributed by atoms with Gasteiger partial charge in [-0.3, -0.25) is 4.90 Å². The molecule has 1 fully saturated rings. The fraction of sp³-hybridized carbons (Fsp3) is 1.00. The van der Waals surface area contributed by atoms with Gasteiger partial charge in [0.1, 0.15) is 0 Å². The highest BCUT2D eigenvalue weighted by Crippen LogP contribution is 1.96. The molecule has 13 heavy (non-hydrogen) atoms. The van der Waals surface area contributed by atoms with Gasteiger partial charge in [-0.2, -0.15) is 0 Å². The van der Waals surface area contributed by atoms with E-state index in [1.165, 1.54) is 0 Å². The standard InChI is InChI=1S/C8H17NO4/c10-7-8(11)13-6-3-9-1-4-12-5-2-9/h8,10-11H,1-7H2. The fourth-order valence-corrected chi connectivity index (χ4v) is 1.20. The van der Waals surface area contributed by atoms with Gasteiger partial charge in [0.05, 0.1) is 26.4 Å². The van der Waals surface area contributed by atoms with E-state index in [1.807, 2.05) is 0 Å². The van der Waals surface area contributed by atoms with Crippen LogP contribution in [0.4, 0.5) is 0 Å². The molecule has 1 rings (SSSR count). The van der Waals surface area contributed by atoms with Crippen LogP contribution in [0.5, 0.6) is 0 Å². The number of nitrogens with zero attached hydrogens (tertiary/aromatic N) is 1. The lowest BCUT2D eigenvalue weighted by Gasteiger charge is -2.26. The van der Waals surface area contributed by atoms with Crippen molar-refractivity contribution >= 4 is 0 Å². The summed E-state index contributed by atoms with van der Waals surface area (Å²) in [6.45, 7) is 4.24. The molecule has 1 atom stereocenters. The van der Waals surface area contributed by atoms with E-state index < -0.39 is 6.29 Å². The van der Waals surface area contributed by atoms with E-state index in [0.717, 1.165) is 32.8 Å². The van der Waals surface area contributed by atoms with Gasteiger partial charge in [0.15, 0.2) is 6.29 Å². The number of aliphatic hydroxyl groups is 2. The summed E-state index contributed by atoms with van der Waals surface area (Å²) in [5.41, 5.74) is 0. The van der Waals surface area contributed by atoms with E-state index in [9.17, 15) is 0 Å². The highest BCUT2D eigenvalue weighted by Gasteiger charge is 2.10. The first-order valence-corrected chi connectivity index (χ1v) is 4.53. The van der Waals surface area contributed by atoms with Gasteiger partial charge in [-0.1, -0.05) is 0 Å². The summed E-state index contributed by atoms with van der Waals surface area (Å²) in [6.07, 6.45) is -1.04. The summed E-state index contributed by atoms with van der Waals surface area (Å²) < 4.78 is 10.1. The largest absolute Gasteiger partial charge is 0.391 e. The van der Waals surface area contributed by atoms with E-state index in [4.69, 9.17) is 19.7 Å². The van der Waals surface area contributed by atoms with Crippen LogP contribution in [-0.2, 0) is 9.47 Å². The topological polar surface area (TPSA) is 62.2 Å². The summed E-state index contributed by atoms with van der Waals surface area (Å²) in [5, 5.41) is 17.3. The Kier molecular flexibility index (Phi) is 5.26. The molecule has 0 spiro atoms. The van der Waals surface area contributed by atoms with Crippen molar-refractivity contribution in [1.82, 2.24) is 4.90 Å². The zero-order chi connectivity index (χ0) is 9.52. The second-order valence-electron chi connectivity index (χ2n) is 2.96. The maximum Gasteiger partial charge on any atom is 0.177 e. The monoisotopic (exact) mass is 191 g/mol. The summed E-state index contributed by atoms with van der Waals surface area (Å²) in [7, 11) is 0. The molecule has 0 aromatic heterocycles. The van der Waals surface area contributed by atoms with Crippen LogP contribution in [0.25, 0.3) is 0 Å². The number of morpholine rings is 1. The summed E-state index contributed by atoms with van der Waals surface area (Å²) in [6, 6.07) is 0. The average Bonchev–Trinajstić information content (AvgIpc) is 2.19. The molecule has 1 heterocycles. The molecule has 0 aliphatic carbocycles. The first kappa shape index (κ1) is 10.9. The molecule has 78 valence electrons. The third kappa shape index (κ3) is 4.54. The molecule has 0 bridgehead atoms. The Morgan fingerprint density at radius 3 is 2.69 bits per heavy atom. The van der Waals surface area contributed by atoms with Crippen LogP contribution in [0.15, 0.2) is 0 Å². The number of rotatable bonds is 5. The van der Waals surface area contributed by atoms with Crippen LogP contribution >= 0.6 is 0 Å². The predicted octanol–water partition coefficient (Wildman–Crippen LogP) is -1.35. The van der Waals surface area contributed by atoms with E-state index in [-0.39, 0.29) is 6.61 Å². The first-order chi connectivity index (χ1) is 6.33. The predicted molar refractivity (Wildman–Crippen MR) is 46.3 cm³/mol. The minimum atomic E-state index is -1.04. The second-order valence-corrected chi connectivity index (χ2v) is 2.96. The molecule has 0 aromatic rings. The minimum Gasteiger partial charge on any atom is -0.391 e. The van der Waals surface area contributed by atoms with Crippen LogP contribution in [0.3, 0.4) is 0 Å². The van der Waals surface area contributed by atoms with Gasteiger partial charge in [-0.25, -0.2) is 0 Å². The molecule has 5 heteroatoms. The molecule has 1 aliphatic rings. The van der Waals surface area contributed by atoms with E-state index in [2.05, 4.69) is 4.90 Å². The van der Waals surface area contributed by atoms with Gasteiger partial charge >= 0.3 is 0 Å². The highest BCUT2D eigenvalue weighted by molar-refractivity contribution is 4.60. The van der Waals surface area contributed by atoms with Gasteiger partial charge in [-0.05, 0) is 0 Å². The fourth-order valence-electron chi connectivity index (χ4n) is 1.20.